The van der Waals surface area contributed by atoms with Crippen molar-refractivity contribution in [2.45, 2.75) is 6.10 Å². The van der Waals surface area contributed by atoms with Crippen molar-refractivity contribution in [2.75, 3.05) is 0 Å². The van der Waals surface area contributed by atoms with Crippen molar-refractivity contribution in [3.63, 3.8) is 0 Å². The van der Waals surface area contributed by atoms with Crippen molar-refractivity contribution in [3.05, 3.63) is 32.3 Å². The number of hydrogen-bond donors (Lipinski definition) is 1. The minimum absolute atomic E-state index is 0.621. The van der Waals surface area contributed by atoms with E-state index in [0.717, 1.165) is 2.88 Å². The number of rotatable bonds is 2. The van der Waals surface area contributed by atoms with E-state index >= 15 is 0 Å². The minimum Gasteiger partial charge on any atom is -0.378 e. The van der Waals surface area contributed by atoms with Gasteiger partial charge >= 0.3 is 0 Å². The summed E-state index contributed by atoms with van der Waals surface area (Å²) in [6.45, 7) is 0. The number of aryl methyl sites for hydroxylation is 1. The third-order valence-corrected chi connectivity index (χ3v) is 3.61. The van der Waals surface area contributed by atoms with Gasteiger partial charge < -0.3 is 9.67 Å². The van der Waals surface area contributed by atoms with Crippen molar-refractivity contribution < 1.29 is 5.11 Å². The third kappa shape index (κ3) is 1.82. The molecule has 0 radical (unpaired) electrons. The number of hydrogen-bond acceptors (Lipinski definition) is 4. The lowest BCUT2D eigenvalue weighted by Crippen LogP contribution is -2.06. The molecule has 6 heteroatoms. The molecule has 2 rings (SSSR count). The van der Waals surface area contributed by atoms with Gasteiger partial charge in [-0.2, -0.15) is 0 Å². The quantitative estimate of drug-likeness (QED) is 0.854. The van der Waals surface area contributed by atoms with Crippen LogP contribution >= 0.6 is 33.9 Å². The number of halogens is 1. The Morgan fingerprint density at radius 1 is 1.57 bits per heavy atom. The van der Waals surface area contributed by atoms with Crippen LogP contribution in [0.4, 0.5) is 0 Å². The van der Waals surface area contributed by atoms with Crippen LogP contribution in [0.25, 0.3) is 0 Å². The number of aromatic nitrogens is 3. The van der Waals surface area contributed by atoms with Crippen LogP contribution in [-0.2, 0) is 7.05 Å². The Bertz CT molecular complexity index is 439. The molecule has 74 valence electrons. The molecular weight excluding hydrogens is 313 g/mol. The lowest BCUT2D eigenvalue weighted by atomic mass is 10.3. The summed E-state index contributed by atoms with van der Waals surface area (Å²) in [6.07, 6.45) is 4.49. The molecule has 0 saturated heterocycles. The Balaban J connectivity index is 2.33. The fourth-order valence-electron chi connectivity index (χ4n) is 1.14. The van der Waals surface area contributed by atoms with Gasteiger partial charge in [-0.15, -0.1) is 11.3 Å². The second kappa shape index (κ2) is 3.95. The van der Waals surface area contributed by atoms with Crippen LogP contribution in [0.3, 0.4) is 0 Å². The number of aliphatic hydroxyl groups is 1. The van der Waals surface area contributed by atoms with Gasteiger partial charge in [-0.1, -0.05) is 0 Å². The number of imidazole rings is 1. The molecule has 1 N–H and O–H groups in total. The van der Waals surface area contributed by atoms with Crippen LogP contribution in [0.1, 0.15) is 16.9 Å². The van der Waals surface area contributed by atoms with Gasteiger partial charge in [-0.25, -0.2) is 9.97 Å². The molecular formula is C8H8IN3OS. The summed E-state index contributed by atoms with van der Waals surface area (Å²) in [6, 6.07) is 0. The van der Waals surface area contributed by atoms with E-state index in [1.165, 1.54) is 11.3 Å². The molecule has 0 spiro atoms. The zero-order valence-corrected chi connectivity index (χ0v) is 10.4. The molecule has 14 heavy (non-hydrogen) atoms. The molecule has 0 saturated carbocycles. The van der Waals surface area contributed by atoms with Crippen LogP contribution in [0.2, 0.25) is 0 Å². The highest BCUT2D eigenvalue weighted by Gasteiger charge is 2.17. The molecule has 2 aromatic heterocycles. The summed E-state index contributed by atoms with van der Waals surface area (Å²) in [4.78, 5) is 8.20. The van der Waals surface area contributed by atoms with E-state index in [4.69, 9.17) is 0 Å². The monoisotopic (exact) mass is 321 g/mol. The first-order valence-corrected chi connectivity index (χ1v) is 5.84. The van der Waals surface area contributed by atoms with E-state index in [-0.39, 0.29) is 0 Å². The first kappa shape index (κ1) is 10.1. The SMILES string of the molecule is Cn1ccnc1C(O)c1ncc(I)s1. The summed E-state index contributed by atoms with van der Waals surface area (Å²) in [5, 5.41) is 10.6. The maximum Gasteiger partial charge on any atom is 0.163 e. The van der Waals surface area contributed by atoms with Crippen LogP contribution < -0.4 is 0 Å². The van der Waals surface area contributed by atoms with Crippen LogP contribution in [0, 0.1) is 2.88 Å². The average Bonchev–Trinajstić information content (AvgIpc) is 2.73. The fraction of sp³-hybridized carbons (Fsp3) is 0.250. The normalized spacial score (nSPS) is 13.1. The fourth-order valence-corrected chi connectivity index (χ4v) is 2.59. The summed E-state index contributed by atoms with van der Waals surface area (Å²) < 4.78 is 2.85. The standard InChI is InChI=1S/C8H8IN3OS/c1-12-3-2-10-7(12)6(13)8-11-4-5(9)14-8/h2-4,6,13H,1H3. The van der Waals surface area contributed by atoms with Gasteiger partial charge in [-0.3, -0.25) is 0 Å². The molecule has 0 aromatic carbocycles. The molecule has 0 fully saturated rings. The highest BCUT2D eigenvalue weighted by Crippen LogP contribution is 2.25. The van der Waals surface area contributed by atoms with Crippen molar-refractivity contribution in [2.24, 2.45) is 7.05 Å². The van der Waals surface area contributed by atoms with E-state index in [1.54, 1.807) is 23.2 Å². The Kier molecular flexibility index (Phi) is 2.84. The second-order valence-electron chi connectivity index (χ2n) is 2.80. The summed E-state index contributed by atoms with van der Waals surface area (Å²) in [5.74, 6) is 0.621. The predicted molar refractivity (Wildman–Crippen MR) is 62.1 cm³/mol. The molecule has 0 aliphatic heterocycles. The largest absolute Gasteiger partial charge is 0.378 e. The number of thiazole rings is 1. The maximum absolute atomic E-state index is 9.94. The van der Waals surface area contributed by atoms with Gasteiger partial charge in [-0.05, 0) is 22.6 Å². The third-order valence-electron chi connectivity index (χ3n) is 1.83. The zero-order valence-electron chi connectivity index (χ0n) is 7.38. The highest BCUT2D eigenvalue weighted by molar-refractivity contribution is 14.1. The molecule has 0 aliphatic rings. The van der Waals surface area contributed by atoms with Crippen molar-refractivity contribution in [1.29, 1.82) is 0 Å². The molecule has 1 atom stereocenters. The Morgan fingerprint density at radius 2 is 2.36 bits per heavy atom. The highest BCUT2D eigenvalue weighted by atomic mass is 127. The van der Waals surface area contributed by atoms with E-state index in [2.05, 4.69) is 32.6 Å². The van der Waals surface area contributed by atoms with Crippen LogP contribution in [0.5, 0.6) is 0 Å². The first-order chi connectivity index (χ1) is 6.68. The Labute approximate surface area is 98.8 Å². The Morgan fingerprint density at radius 3 is 2.86 bits per heavy atom. The lowest BCUT2D eigenvalue weighted by Gasteiger charge is -2.06. The topological polar surface area (TPSA) is 50.9 Å². The van der Waals surface area contributed by atoms with Crippen molar-refractivity contribution >= 4 is 33.9 Å². The van der Waals surface area contributed by atoms with E-state index in [1.807, 2.05) is 7.05 Å². The van der Waals surface area contributed by atoms with Crippen molar-refractivity contribution in [1.82, 2.24) is 14.5 Å². The van der Waals surface area contributed by atoms with E-state index in [0.29, 0.717) is 10.8 Å². The minimum atomic E-state index is -0.719. The average molecular weight is 321 g/mol. The zero-order chi connectivity index (χ0) is 10.1. The van der Waals surface area contributed by atoms with Gasteiger partial charge in [0.15, 0.2) is 6.10 Å². The van der Waals surface area contributed by atoms with Gasteiger partial charge in [0.1, 0.15) is 10.8 Å². The van der Waals surface area contributed by atoms with Gasteiger partial charge in [0.25, 0.3) is 0 Å². The Hall–Kier alpha value is -0.470. The van der Waals surface area contributed by atoms with Crippen LogP contribution in [-0.4, -0.2) is 19.6 Å². The summed E-state index contributed by atoms with van der Waals surface area (Å²) in [7, 11) is 1.85. The lowest BCUT2D eigenvalue weighted by molar-refractivity contribution is 0.205. The van der Waals surface area contributed by atoms with Gasteiger partial charge in [0.2, 0.25) is 0 Å². The van der Waals surface area contributed by atoms with Crippen LogP contribution in [0.15, 0.2) is 18.6 Å². The van der Waals surface area contributed by atoms with Gasteiger partial charge in [0.05, 0.1) is 9.08 Å². The molecule has 0 amide bonds. The smallest absolute Gasteiger partial charge is 0.163 e. The second-order valence-corrected chi connectivity index (χ2v) is 5.76. The molecule has 1 unspecified atom stereocenters. The molecule has 2 aromatic rings. The summed E-state index contributed by atoms with van der Waals surface area (Å²) >= 11 is 3.65. The van der Waals surface area contributed by atoms with Gasteiger partial charge in [0, 0.05) is 19.4 Å². The van der Waals surface area contributed by atoms with E-state index < -0.39 is 6.10 Å². The molecule has 2 heterocycles. The number of aliphatic hydroxyl groups excluding tert-OH is 1. The predicted octanol–water partition coefficient (Wildman–Crippen LogP) is 1.56. The molecule has 0 aliphatic carbocycles. The first-order valence-electron chi connectivity index (χ1n) is 3.95. The maximum atomic E-state index is 9.94. The van der Waals surface area contributed by atoms with Crippen molar-refractivity contribution in [3.8, 4) is 0 Å². The molecule has 0 bridgehead atoms. The van der Waals surface area contributed by atoms with E-state index in [9.17, 15) is 5.11 Å². The number of nitrogens with zero attached hydrogens (tertiary/aromatic N) is 3. The summed E-state index contributed by atoms with van der Waals surface area (Å²) in [5.41, 5.74) is 0. The molecule has 4 nitrogen and oxygen atoms in total.